The molecule has 3 rings (SSSR count). The number of hydrogen-bond donors (Lipinski definition) is 1. The van der Waals surface area contributed by atoms with Crippen molar-refractivity contribution in [2.45, 2.75) is 45.3 Å². The lowest BCUT2D eigenvalue weighted by molar-refractivity contribution is 0.0558. The lowest BCUT2D eigenvalue weighted by Crippen LogP contribution is -2.32. The zero-order valence-corrected chi connectivity index (χ0v) is 13.6. The number of aromatic nitrogens is 5. The molecule has 0 radical (unpaired) electrons. The summed E-state index contributed by atoms with van der Waals surface area (Å²) in [5, 5.41) is 19.0. The van der Waals surface area contributed by atoms with E-state index in [2.05, 4.69) is 20.3 Å². The van der Waals surface area contributed by atoms with E-state index in [1.54, 1.807) is 15.8 Å². The zero-order chi connectivity index (χ0) is 16.6. The Balaban J connectivity index is 1.85. The van der Waals surface area contributed by atoms with Crippen molar-refractivity contribution in [1.82, 2.24) is 25.0 Å². The SMILES string of the molecule is CCc1ncnc(N2CC[C@](O)(c3cn(C(C)C)nn3)C2)c1F. The van der Waals surface area contributed by atoms with Gasteiger partial charge in [0.25, 0.3) is 0 Å². The van der Waals surface area contributed by atoms with Gasteiger partial charge in [-0.3, -0.25) is 0 Å². The fourth-order valence-electron chi connectivity index (χ4n) is 2.79. The molecule has 0 bridgehead atoms. The summed E-state index contributed by atoms with van der Waals surface area (Å²) >= 11 is 0. The molecule has 1 aliphatic rings. The molecule has 7 nitrogen and oxygen atoms in total. The van der Waals surface area contributed by atoms with Crippen LogP contribution in [0.5, 0.6) is 0 Å². The topological polar surface area (TPSA) is 80.0 Å². The maximum atomic E-state index is 14.4. The first-order valence-electron chi connectivity index (χ1n) is 7.83. The van der Waals surface area contributed by atoms with Crippen LogP contribution in [0.1, 0.15) is 44.6 Å². The molecule has 8 heteroatoms. The third-order valence-electron chi connectivity index (χ3n) is 4.24. The molecule has 1 fully saturated rings. The van der Waals surface area contributed by atoms with E-state index < -0.39 is 11.4 Å². The largest absolute Gasteiger partial charge is 0.381 e. The Labute approximate surface area is 134 Å². The van der Waals surface area contributed by atoms with Crippen molar-refractivity contribution in [3.63, 3.8) is 0 Å². The number of anilines is 1. The van der Waals surface area contributed by atoms with Crippen LogP contribution < -0.4 is 4.90 Å². The molecule has 0 aromatic carbocycles. The summed E-state index contributed by atoms with van der Waals surface area (Å²) in [6.07, 6.45) is 4.07. The van der Waals surface area contributed by atoms with E-state index in [1.807, 2.05) is 20.8 Å². The minimum Gasteiger partial charge on any atom is -0.381 e. The molecular formula is C15H21FN6O. The number of β-amino-alcohol motifs (C(OH)–C–C–N with tert-alkyl or cyclic N) is 1. The molecule has 1 aliphatic heterocycles. The van der Waals surface area contributed by atoms with Crippen LogP contribution in [0, 0.1) is 5.82 Å². The van der Waals surface area contributed by atoms with Gasteiger partial charge in [0.05, 0.1) is 18.4 Å². The Hall–Kier alpha value is -2.09. The third kappa shape index (κ3) is 2.78. The van der Waals surface area contributed by atoms with Gasteiger partial charge in [-0.15, -0.1) is 5.10 Å². The highest BCUT2D eigenvalue weighted by Crippen LogP contribution is 2.34. The van der Waals surface area contributed by atoms with Crippen LogP contribution in [0.3, 0.4) is 0 Å². The molecule has 1 atom stereocenters. The van der Waals surface area contributed by atoms with E-state index in [0.29, 0.717) is 30.8 Å². The molecule has 0 saturated carbocycles. The van der Waals surface area contributed by atoms with Crippen LogP contribution in [-0.4, -0.2) is 43.2 Å². The second-order valence-electron chi connectivity index (χ2n) is 6.19. The average Bonchev–Trinajstić information content (AvgIpc) is 3.15. The first-order valence-corrected chi connectivity index (χ1v) is 7.83. The smallest absolute Gasteiger partial charge is 0.187 e. The van der Waals surface area contributed by atoms with Crippen molar-refractivity contribution in [3.8, 4) is 0 Å². The van der Waals surface area contributed by atoms with Crippen LogP contribution in [0.15, 0.2) is 12.5 Å². The second-order valence-corrected chi connectivity index (χ2v) is 6.19. The van der Waals surface area contributed by atoms with E-state index in [9.17, 15) is 9.50 Å². The summed E-state index contributed by atoms with van der Waals surface area (Å²) in [5.74, 6) is -0.172. The highest BCUT2D eigenvalue weighted by atomic mass is 19.1. The van der Waals surface area contributed by atoms with Crippen LogP contribution >= 0.6 is 0 Å². The Morgan fingerprint density at radius 3 is 2.83 bits per heavy atom. The Bertz CT molecular complexity index is 703. The summed E-state index contributed by atoms with van der Waals surface area (Å²) in [6, 6.07) is 0.170. The Morgan fingerprint density at radius 1 is 1.39 bits per heavy atom. The van der Waals surface area contributed by atoms with Crippen LogP contribution in [-0.2, 0) is 12.0 Å². The minimum atomic E-state index is -1.14. The molecule has 2 aromatic rings. The van der Waals surface area contributed by atoms with Crippen molar-refractivity contribution < 1.29 is 9.50 Å². The number of rotatable bonds is 4. The van der Waals surface area contributed by atoms with Crippen molar-refractivity contribution in [2.75, 3.05) is 18.0 Å². The molecule has 124 valence electrons. The molecule has 0 aliphatic carbocycles. The molecular weight excluding hydrogens is 299 g/mol. The van der Waals surface area contributed by atoms with E-state index in [0.717, 1.165) is 0 Å². The molecule has 0 spiro atoms. The van der Waals surface area contributed by atoms with Gasteiger partial charge in [-0.1, -0.05) is 12.1 Å². The van der Waals surface area contributed by atoms with Gasteiger partial charge < -0.3 is 10.0 Å². The summed E-state index contributed by atoms with van der Waals surface area (Å²) in [6.45, 7) is 6.57. The van der Waals surface area contributed by atoms with E-state index >= 15 is 0 Å². The Kier molecular flexibility index (Phi) is 4.01. The molecule has 0 unspecified atom stereocenters. The zero-order valence-electron chi connectivity index (χ0n) is 13.6. The van der Waals surface area contributed by atoms with Gasteiger partial charge in [-0.05, 0) is 20.3 Å². The predicted molar refractivity (Wildman–Crippen MR) is 82.5 cm³/mol. The third-order valence-corrected chi connectivity index (χ3v) is 4.24. The molecule has 1 N–H and O–H groups in total. The maximum absolute atomic E-state index is 14.4. The van der Waals surface area contributed by atoms with E-state index in [-0.39, 0.29) is 18.4 Å². The van der Waals surface area contributed by atoms with E-state index in [1.165, 1.54) is 6.33 Å². The standard InChI is InChI=1S/C15H21FN6O/c1-4-11-13(16)14(18-9-17-11)21-6-5-15(23,8-21)12-7-22(10(2)3)20-19-12/h7,9-10,23H,4-6,8H2,1-3H3/t15-/m1/s1. The van der Waals surface area contributed by atoms with Gasteiger partial charge in [0.2, 0.25) is 0 Å². The average molecular weight is 320 g/mol. The van der Waals surface area contributed by atoms with Crippen LogP contribution in [0.2, 0.25) is 0 Å². The number of nitrogens with zero attached hydrogens (tertiary/aromatic N) is 6. The normalized spacial score (nSPS) is 21.4. The predicted octanol–water partition coefficient (Wildman–Crippen LogP) is 1.45. The molecule has 23 heavy (non-hydrogen) atoms. The number of aliphatic hydroxyl groups is 1. The van der Waals surface area contributed by atoms with Crippen molar-refractivity contribution in [2.24, 2.45) is 0 Å². The summed E-state index contributed by atoms with van der Waals surface area (Å²) in [4.78, 5) is 9.73. The summed E-state index contributed by atoms with van der Waals surface area (Å²) in [7, 11) is 0. The van der Waals surface area contributed by atoms with Crippen LogP contribution in [0.25, 0.3) is 0 Å². The fraction of sp³-hybridized carbons (Fsp3) is 0.600. The lowest BCUT2D eigenvalue weighted by atomic mass is 10.00. The van der Waals surface area contributed by atoms with Gasteiger partial charge in [0, 0.05) is 19.0 Å². The summed E-state index contributed by atoms with van der Waals surface area (Å²) < 4.78 is 16.1. The molecule has 0 amide bonds. The first-order chi connectivity index (χ1) is 10.9. The molecule has 2 aromatic heterocycles. The van der Waals surface area contributed by atoms with Crippen molar-refractivity contribution >= 4 is 5.82 Å². The van der Waals surface area contributed by atoms with Crippen molar-refractivity contribution in [1.29, 1.82) is 0 Å². The fourth-order valence-corrected chi connectivity index (χ4v) is 2.79. The molecule has 1 saturated heterocycles. The maximum Gasteiger partial charge on any atom is 0.187 e. The lowest BCUT2D eigenvalue weighted by Gasteiger charge is -2.22. The minimum absolute atomic E-state index is 0.170. The number of aryl methyl sites for hydroxylation is 1. The monoisotopic (exact) mass is 320 g/mol. The second kappa shape index (κ2) is 5.84. The van der Waals surface area contributed by atoms with E-state index in [4.69, 9.17) is 0 Å². The highest BCUT2D eigenvalue weighted by molar-refractivity contribution is 5.44. The van der Waals surface area contributed by atoms with Gasteiger partial charge in [-0.25, -0.2) is 19.0 Å². The van der Waals surface area contributed by atoms with Gasteiger partial charge in [0.15, 0.2) is 11.6 Å². The Morgan fingerprint density at radius 2 is 2.17 bits per heavy atom. The number of halogens is 1. The summed E-state index contributed by atoms with van der Waals surface area (Å²) in [5.41, 5.74) is -0.244. The van der Waals surface area contributed by atoms with Gasteiger partial charge in [-0.2, -0.15) is 0 Å². The first kappa shape index (κ1) is 15.8. The van der Waals surface area contributed by atoms with Crippen LogP contribution in [0.4, 0.5) is 10.2 Å². The number of hydrogen-bond acceptors (Lipinski definition) is 6. The highest BCUT2D eigenvalue weighted by Gasteiger charge is 2.41. The van der Waals surface area contributed by atoms with Crippen molar-refractivity contribution in [3.05, 3.63) is 29.7 Å². The van der Waals surface area contributed by atoms with Gasteiger partial charge >= 0.3 is 0 Å². The van der Waals surface area contributed by atoms with Gasteiger partial charge in [0.1, 0.15) is 17.6 Å². The molecule has 3 heterocycles. The quantitative estimate of drug-likeness (QED) is 0.918.